The van der Waals surface area contributed by atoms with Crippen LogP contribution in [0.25, 0.3) is 0 Å². The van der Waals surface area contributed by atoms with E-state index in [4.69, 9.17) is 4.74 Å². The van der Waals surface area contributed by atoms with E-state index in [0.717, 1.165) is 39.1 Å². The first-order valence-corrected chi connectivity index (χ1v) is 6.86. The summed E-state index contributed by atoms with van der Waals surface area (Å²) in [4.78, 5) is 29.8. The van der Waals surface area contributed by atoms with E-state index in [1.807, 2.05) is 4.90 Å². The molecule has 108 valence electrons. The summed E-state index contributed by atoms with van der Waals surface area (Å²) in [5, 5.41) is 0. The summed E-state index contributed by atoms with van der Waals surface area (Å²) < 4.78 is 4.75. The molecule has 1 amide bonds. The second-order valence-corrected chi connectivity index (χ2v) is 5.43. The normalized spacial score (nSPS) is 25.6. The third-order valence-corrected chi connectivity index (χ3v) is 4.02. The molecule has 0 spiro atoms. The molecule has 6 nitrogen and oxygen atoms in total. The van der Waals surface area contributed by atoms with Crippen molar-refractivity contribution in [2.45, 2.75) is 6.42 Å². The summed E-state index contributed by atoms with van der Waals surface area (Å²) in [7, 11) is 3.49. The molecule has 0 bridgehead atoms. The van der Waals surface area contributed by atoms with Gasteiger partial charge in [-0.1, -0.05) is 0 Å². The van der Waals surface area contributed by atoms with Crippen molar-refractivity contribution < 1.29 is 14.3 Å². The summed E-state index contributed by atoms with van der Waals surface area (Å²) in [5.41, 5.74) is 0. The second-order valence-electron chi connectivity index (χ2n) is 5.43. The van der Waals surface area contributed by atoms with Crippen LogP contribution in [-0.2, 0) is 14.3 Å². The van der Waals surface area contributed by atoms with Crippen molar-refractivity contribution in [3.8, 4) is 0 Å². The Morgan fingerprint density at radius 3 is 2.47 bits per heavy atom. The number of rotatable bonds is 3. The average Bonchev–Trinajstić information content (AvgIpc) is 2.87. The van der Waals surface area contributed by atoms with Gasteiger partial charge in [-0.2, -0.15) is 0 Å². The predicted molar refractivity (Wildman–Crippen MR) is 70.6 cm³/mol. The van der Waals surface area contributed by atoms with Crippen molar-refractivity contribution in [3.05, 3.63) is 0 Å². The van der Waals surface area contributed by atoms with E-state index in [1.54, 1.807) is 0 Å². The minimum atomic E-state index is -0.158. The average molecular weight is 269 g/mol. The standard InChI is InChI=1S/C13H23N3O3/c1-14-5-7-16(8-6-14)12(17)10-15-4-3-11(9-15)13(18)19-2/h11H,3-10H2,1-2H3. The number of esters is 1. The van der Waals surface area contributed by atoms with E-state index < -0.39 is 0 Å². The SMILES string of the molecule is COC(=O)C1CCN(CC(=O)N2CCN(C)CC2)C1. The van der Waals surface area contributed by atoms with Crippen molar-refractivity contribution in [1.29, 1.82) is 0 Å². The van der Waals surface area contributed by atoms with E-state index >= 15 is 0 Å². The summed E-state index contributed by atoms with van der Waals surface area (Å²) in [6, 6.07) is 0. The summed E-state index contributed by atoms with van der Waals surface area (Å²) >= 11 is 0. The number of ether oxygens (including phenoxy) is 1. The number of likely N-dealkylation sites (N-methyl/N-ethyl adjacent to an activating group) is 1. The Morgan fingerprint density at radius 1 is 1.16 bits per heavy atom. The molecule has 0 aromatic rings. The molecular weight excluding hydrogens is 246 g/mol. The number of nitrogens with zero attached hydrogens (tertiary/aromatic N) is 3. The first-order valence-electron chi connectivity index (χ1n) is 6.86. The second kappa shape index (κ2) is 6.34. The van der Waals surface area contributed by atoms with Gasteiger partial charge in [0.1, 0.15) is 0 Å². The number of methoxy groups -OCH3 is 1. The Balaban J connectivity index is 1.76. The van der Waals surface area contributed by atoms with Crippen molar-refractivity contribution in [3.63, 3.8) is 0 Å². The zero-order valence-electron chi connectivity index (χ0n) is 11.8. The molecule has 2 fully saturated rings. The summed E-state index contributed by atoms with van der Waals surface area (Å²) in [6.07, 6.45) is 0.794. The number of hydrogen-bond donors (Lipinski definition) is 0. The van der Waals surface area contributed by atoms with Crippen LogP contribution < -0.4 is 0 Å². The molecule has 0 radical (unpaired) electrons. The van der Waals surface area contributed by atoms with E-state index in [1.165, 1.54) is 7.11 Å². The summed E-state index contributed by atoms with van der Waals surface area (Å²) in [5.74, 6) is -0.0431. The Hall–Kier alpha value is -1.14. The minimum absolute atomic E-state index is 0.0645. The number of carbonyl (C=O) groups excluding carboxylic acids is 2. The van der Waals surface area contributed by atoms with E-state index in [0.29, 0.717) is 13.1 Å². The topological polar surface area (TPSA) is 53.1 Å². The van der Waals surface area contributed by atoms with Gasteiger partial charge in [-0.25, -0.2) is 0 Å². The van der Waals surface area contributed by atoms with Crippen molar-refractivity contribution in [1.82, 2.24) is 14.7 Å². The molecule has 2 aliphatic heterocycles. The highest BCUT2D eigenvalue weighted by Crippen LogP contribution is 2.17. The van der Waals surface area contributed by atoms with Crippen LogP contribution in [0.2, 0.25) is 0 Å². The lowest BCUT2D eigenvalue weighted by atomic mass is 10.1. The highest BCUT2D eigenvalue weighted by Gasteiger charge is 2.31. The molecule has 0 aromatic heterocycles. The van der Waals surface area contributed by atoms with E-state index in [2.05, 4.69) is 16.8 Å². The maximum absolute atomic E-state index is 12.2. The maximum Gasteiger partial charge on any atom is 0.310 e. The van der Waals surface area contributed by atoms with Crippen LogP contribution in [0.1, 0.15) is 6.42 Å². The molecule has 2 saturated heterocycles. The molecule has 0 saturated carbocycles. The molecule has 2 rings (SSSR count). The number of amides is 1. The minimum Gasteiger partial charge on any atom is -0.469 e. The predicted octanol–water partition coefficient (Wildman–Crippen LogP) is -0.745. The van der Waals surface area contributed by atoms with Gasteiger partial charge >= 0.3 is 5.97 Å². The Morgan fingerprint density at radius 2 is 1.84 bits per heavy atom. The molecule has 2 heterocycles. The molecular formula is C13H23N3O3. The van der Waals surface area contributed by atoms with Crippen molar-refractivity contribution in [2.75, 3.05) is 60.0 Å². The number of carbonyl (C=O) groups is 2. The fourth-order valence-electron chi connectivity index (χ4n) is 2.68. The maximum atomic E-state index is 12.2. The van der Waals surface area contributed by atoms with Crippen LogP contribution in [0.3, 0.4) is 0 Å². The first kappa shape index (κ1) is 14.3. The smallest absolute Gasteiger partial charge is 0.310 e. The molecule has 6 heteroatoms. The van der Waals surface area contributed by atoms with Gasteiger partial charge in [0.2, 0.25) is 5.91 Å². The number of hydrogen-bond acceptors (Lipinski definition) is 5. The Labute approximate surface area is 114 Å². The lowest BCUT2D eigenvalue weighted by molar-refractivity contribution is -0.145. The van der Waals surface area contributed by atoms with Crippen LogP contribution in [0.5, 0.6) is 0 Å². The van der Waals surface area contributed by atoms with Crippen LogP contribution in [0.4, 0.5) is 0 Å². The molecule has 0 aromatic carbocycles. The van der Waals surface area contributed by atoms with Crippen molar-refractivity contribution in [2.24, 2.45) is 5.92 Å². The third kappa shape index (κ3) is 3.67. The molecule has 1 unspecified atom stereocenters. The molecule has 1 atom stereocenters. The fourth-order valence-corrected chi connectivity index (χ4v) is 2.68. The van der Waals surface area contributed by atoms with Gasteiger partial charge < -0.3 is 14.5 Å². The molecule has 19 heavy (non-hydrogen) atoms. The molecule has 0 N–H and O–H groups in total. The monoisotopic (exact) mass is 269 g/mol. The molecule has 0 aliphatic carbocycles. The van der Waals surface area contributed by atoms with Gasteiger partial charge in [0.15, 0.2) is 0 Å². The van der Waals surface area contributed by atoms with Crippen LogP contribution in [-0.4, -0.2) is 86.5 Å². The Bertz CT molecular complexity index is 340. The zero-order valence-corrected chi connectivity index (χ0v) is 11.8. The zero-order chi connectivity index (χ0) is 13.8. The number of likely N-dealkylation sites (tertiary alicyclic amines) is 1. The van der Waals surface area contributed by atoms with Gasteiger partial charge in [-0.15, -0.1) is 0 Å². The highest BCUT2D eigenvalue weighted by atomic mass is 16.5. The fraction of sp³-hybridized carbons (Fsp3) is 0.846. The van der Waals surface area contributed by atoms with E-state index in [9.17, 15) is 9.59 Å². The molecule has 2 aliphatic rings. The lowest BCUT2D eigenvalue weighted by Gasteiger charge is -2.33. The first-order chi connectivity index (χ1) is 9.10. The van der Waals surface area contributed by atoms with Gasteiger partial charge in [0.05, 0.1) is 19.6 Å². The van der Waals surface area contributed by atoms with Crippen LogP contribution in [0, 0.1) is 5.92 Å². The summed E-state index contributed by atoms with van der Waals surface area (Å²) in [6.45, 7) is 5.38. The number of piperazine rings is 1. The largest absolute Gasteiger partial charge is 0.469 e. The van der Waals surface area contributed by atoms with Crippen LogP contribution in [0.15, 0.2) is 0 Å². The van der Waals surface area contributed by atoms with Gasteiger partial charge in [-0.05, 0) is 20.0 Å². The third-order valence-electron chi connectivity index (χ3n) is 4.02. The Kier molecular flexibility index (Phi) is 4.76. The van der Waals surface area contributed by atoms with Crippen molar-refractivity contribution >= 4 is 11.9 Å². The quantitative estimate of drug-likeness (QED) is 0.631. The van der Waals surface area contributed by atoms with Gasteiger partial charge in [0, 0.05) is 32.7 Å². The van der Waals surface area contributed by atoms with E-state index in [-0.39, 0.29) is 17.8 Å². The van der Waals surface area contributed by atoms with Gasteiger partial charge in [0.25, 0.3) is 0 Å². The van der Waals surface area contributed by atoms with Gasteiger partial charge in [-0.3, -0.25) is 14.5 Å². The lowest BCUT2D eigenvalue weighted by Crippen LogP contribution is -2.49. The van der Waals surface area contributed by atoms with Crippen LogP contribution >= 0.6 is 0 Å². The highest BCUT2D eigenvalue weighted by molar-refractivity contribution is 5.79.